The average molecular weight is 317 g/mol. The molecule has 0 saturated carbocycles. The predicted molar refractivity (Wildman–Crippen MR) is 90.7 cm³/mol. The first-order valence-corrected chi connectivity index (χ1v) is 8.25. The highest BCUT2D eigenvalue weighted by Crippen LogP contribution is 2.19. The molecule has 1 saturated heterocycles. The number of hydrogen-bond donors (Lipinski definition) is 2. The molecule has 0 spiro atoms. The van der Waals surface area contributed by atoms with E-state index in [1.165, 1.54) is 0 Å². The zero-order valence-electron chi connectivity index (χ0n) is 14.0. The van der Waals surface area contributed by atoms with E-state index in [4.69, 9.17) is 5.73 Å². The molecule has 3 N–H and O–H groups in total. The van der Waals surface area contributed by atoms with Crippen molar-refractivity contribution < 1.29 is 9.59 Å². The Balaban J connectivity index is 1.92. The first kappa shape index (κ1) is 17.5. The number of carbonyl (C=O) groups excluding carboxylic acids is 2. The van der Waals surface area contributed by atoms with Gasteiger partial charge in [0.05, 0.1) is 12.3 Å². The molecular formula is C18H27N3O2. The molecule has 1 aliphatic rings. The van der Waals surface area contributed by atoms with Crippen molar-refractivity contribution in [1.82, 2.24) is 10.2 Å². The van der Waals surface area contributed by atoms with E-state index in [0.717, 1.165) is 24.9 Å². The standard InChI is InChI=1S/C18H27N3O2/c1-18(2,13-19)20-17(23)15-9-6-10-21(12-15)16(22)11-14-7-4-3-5-8-14/h3-5,7-8,15H,6,9-13,19H2,1-2H3,(H,20,23). The highest BCUT2D eigenvalue weighted by atomic mass is 16.2. The Bertz CT molecular complexity index is 542. The molecule has 2 amide bonds. The predicted octanol–water partition coefficient (Wildman–Crippen LogP) is 1.32. The number of rotatable bonds is 5. The van der Waals surface area contributed by atoms with Crippen LogP contribution < -0.4 is 11.1 Å². The molecule has 23 heavy (non-hydrogen) atoms. The van der Waals surface area contributed by atoms with E-state index < -0.39 is 5.54 Å². The van der Waals surface area contributed by atoms with Crippen molar-refractivity contribution in [2.75, 3.05) is 19.6 Å². The maximum atomic E-state index is 12.5. The van der Waals surface area contributed by atoms with Crippen LogP contribution in [0.5, 0.6) is 0 Å². The zero-order chi connectivity index (χ0) is 16.9. The van der Waals surface area contributed by atoms with E-state index in [1.807, 2.05) is 49.1 Å². The molecule has 0 aromatic heterocycles. The number of nitrogens with two attached hydrogens (primary N) is 1. The lowest BCUT2D eigenvalue weighted by Gasteiger charge is -2.34. The summed E-state index contributed by atoms with van der Waals surface area (Å²) < 4.78 is 0. The van der Waals surface area contributed by atoms with E-state index in [9.17, 15) is 9.59 Å². The highest BCUT2D eigenvalue weighted by Gasteiger charge is 2.30. The Hall–Kier alpha value is -1.88. The Labute approximate surface area is 138 Å². The minimum absolute atomic E-state index is 0.00217. The van der Waals surface area contributed by atoms with Gasteiger partial charge < -0.3 is 16.0 Å². The molecule has 5 nitrogen and oxygen atoms in total. The van der Waals surface area contributed by atoms with E-state index in [-0.39, 0.29) is 17.7 Å². The molecule has 0 aliphatic carbocycles. The highest BCUT2D eigenvalue weighted by molar-refractivity contribution is 5.82. The van der Waals surface area contributed by atoms with Crippen molar-refractivity contribution in [3.63, 3.8) is 0 Å². The van der Waals surface area contributed by atoms with Crippen LogP contribution in [0.1, 0.15) is 32.3 Å². The smallest absolute Gasteiger partial charge is 0.227 e. The number of nitrogens with zero attached hydrogens (tertiary/aromatic N) is 1. The fraction of sp³-hybridized carbons (Fsp3) is 0.556. The van der Waals surface area contributed by atoms with E-state index >= 15 is 0 Å². The van der Waals surface area contributed by atoms with Gasteiger partial charge in [-0.1, -0.05) is 30.3 Å². The van der Waals surface area contributed by atoms with E-state index in [2.05, 4.69) is 5.32 Å². The van der Waals surface area contributed by atoms with Crippen molar-refractivity contribution in [3.8, 4) is 0 Å². The van der Waals surface area contributed by atoms with Crippen LogP contribution in [0.25, 0.3) is 0 Å². The summed E-state index contributed by atoms with van der Waals surface area (Å²) in [7, 11) is 0. The van der Waals surface area contributed by atoms with Crippen molar-refractivity contribution >= 4 is 11.8 Å². The lowest BCUT2D eigenvalue weighted by molar-refractivity contribution is -0.135. The van der Waals surface area contributed by atoms with Gasteiger partial charge in [0.25, 0.3) is 0 Å². The Kier molecular flexibility index (Phi) is 5.77. The van der Waals surface area contributed by atoms with E-state index in [0.29, 0.717) is 19.5 Å². The van der Waals surface area contributed by atoms with Gasteiger partial charge >= 0.3 is 0 Å². The van der Waals surface area contributed by atoms with Gasteiger partial charge in [-0.25, -0.2) is 0 Å². The van der Waals surface area contributed by atoms with Crippen LogP contribution in [0.3, 0.4) is 0 Å². The monoisotopic (exact) mass is 317 g/mol. The first-order chi connectivity index (χ1) is 10.9. The van der Waals surface area contributed by atoms with Crippen LogP contribution in [0.15, 0.2) is 30.3 Å². The average Bonchev–Trinajstić information content (AvgIpc) is 2.55. The molecule has 1 fully saturated rings. The van der Waals surface area contributed by atoms with Crippen LogP contribution in [-0.2, 0) is 16.0 Å². The Morgan fingerprint density at radius 3 is 2.65 bits per heavy atom. The second kappa shape index (κ2) is 7.59. The molecule has 126 valence electrons. The lowest BCUT2D eigenvalue weighted by atomic mass is 9.94. The minimum atomic E-state index is -0.409. The number of nitrogens with one attached hydrogen (secondary N) is 1. The molecule has 1 unspecified atom stereocenters. The largest absolute Gasteiger partial charge is 0.350 e. The maximum Gasteiger partial charge on any atom is 0.227 e. The third-order valence-corrected chi connectivity index (χ3v) is 4.31. The molecule has 1 heterocycles. The quantitative estimate of drug-likeness (QED) is 0.860. The summed E-state index contributed by atoms with van der Waals surface area (Å²) >= 11 is 0. The molecule has 0 bridgehead atoms. The Morgan fingerprint density at radius 2 is 2.00 bits per heavy atom. The second-order valence-corrected chi connectivity index (χ2v) is 6.92. The third kappa shape index (κ3) is 5.06. The maximum absolute atomic E-state index is 12.5. The molecular weight excluding hydrogens is 290 g/mol. The molecule has 1 aliphatic heterocycles. The van der Waals surface area contributed by atoms with Crippen molar-refractivity contribution in [2.24, 2.45) is 11.7 Å². The molecule has 2 rings (SSSR count). The van der Waals surface area contributed by atoms with Gasteiger partial charge in [0.1, 0.15) is 0 Å². The number of benzene rings is 1. The zero-order valence-corrected chi connectivity index (χ0v) is 14.0. The van der Waals surface area contributed by atoms with Gasteiger partial charge in [0.15, 0.2) is 0 Å². The number of hydrogen-bond acceptors (Lipinski definition) is 3. The molecule has 1 atom stereocenters. The summed E-state index contributed by atoms with van der Waals surface area (Å²) in [6, 6.07) is 9.72. The van der Waals surface area contributed by atoms with Gasteiger partial charge in [0.2, 0.25) is 11.8 Å². The molecule has 0 radical (unpaired) electrons. The molecule has 1 aromatic rings. The second-order valence-electron chi connectivity index (χ2n) is 6.92. The topological polar surface area (TPSA) is 75.4 Å². The van der Waals surface area contributed by atoms with Gasteiger partial charge in [-0.05, 0) is 32.3 Å². The summed E-state index contributed by atoms with van der Waals surface area (Å²) in [5.41, 5.74) is 6.26. The van der Waals surface area contributed by atoms with Crippen molar-refractivity contribution in [2.45, 2.75) is 38.6 Å². The fourth-order valence-corrected chi connectivity index (χ4v) is 2.79. The van der Waals surface area contributed by atoms with Crippen LogP contribution >= 0.6 is 0 Å². The van der Waals surface area contributed by atoms with Crippen molar-refractivity contribution in [1.29, 1.82) is 0 Å². The number of likely N-dealkylation sites (tertiary alicyclic amines) is 1. The minimum Gasteiger partial charge on any atom is -0.350 e. The molecule has 1 aromatic carbocycles. The first-order valence-electron chi connectivity index (χ1n) is 8.25. The summed E-state index contributed by atoms with van der Waals surface area (Å²) in [5, 5.41) is 2.98. The van der Waals surface area contributed by atoms with Crippen LogP contribution in [0.4, 0.5) is 0 Å². The number of amides is 2. The summed E-state index contributed by atoms with van der Waals surface area (Å²) in [6.45, 7) is 5.44. The number of carbonyl (C=O) groups is 2. The molecule has 5 heteroatoms. The SMILES string of the molecule is CC(C)(CN)NC(=O)C1CCCN(C(=O)Cc2ccccc2)C1. The van der Waals surface area contributed by atoms with Crippen LogP contribution in [0, 0.1) is 5.92 Å². The normalized spacial score (nSPS) is 18.6. The van der Waals surface area contributed by atoms with Gasteiger partial charge in [-0.2, -0.15) is 0 Å². The van der Waals surface area contributed by atoms with Crippen LogP contribution in [0.2, 0.25) is 0 Å². The van der Waals surface area contributed by atoms with Gasteiger partial charge in [-0.3, -0.25) is 9.59 Å². The lowest BCUT2D eigenvalue weighted by Crippen LogP contribution is -2.53. The van der Waals surface area contributed by atoms with E-state index in [1.54, 1.807) is 0 Å². The Morgan fingerprint density at radius 1 is 1.30 bits per heavy atom. The summed E-state index contributed by atoms with van der Waals surface area (Å²) in [4.78, 5) is 26.7. The van der Waals surface area contributed by atoms with Crippen molar-refractivity contribution in [3.05, 3.63) is 35.9 Å². The summed E-state index contributed by atoms with van der Waals surface area (Å²) in [5.74, 6) is -0.0567. The summed E-state index contributed by atoms with van der Waals surface area (Å²) in [6.07, 6.45) is 2.08. The number of piperidine rings is 1. The fourth-order valence-electron chi connectivity index (χ4n) is 2.79. The van der Waals surface area contributed by atoms with Crippen LogP contribution in [-0.4, -0.2) is 41.9 Å². The third-order valence-electron chi connectivity index (χ3n) is 4.31. The van der Waals surface area contributed by atoms with Gasteiger partial charge in [-0.15, -0.1) is 0 Å². The van der Waals surface area contributed by atoms with Gasteiger partial charge in [0, 0.05) is 25.2 Å².